The average molecular weight is 274 g/mol. The summed E-state index contributed by atoms with van der Waals surface area (Å²) in [7, 11) is 0. The van der Waals surface area contributed by atoms with E-state index in [0.29, 0.717) is 6.04 Å². The number of benzene rings is 1. The highest BCUT2D eigenvalue weighted by atomic mass is 15.2. The summed E-state index contributed by atoms with van der Waals surface area (Å²) in [6.45, 7) is 10.1. The molecular weight excluding hydrogens is 244 g/mol. The maximum atomic E-state index is 3.54. The molecule has 2 nitrogen and oxygen atoms in total. The second kappa shape index (κ2) is 7.80. The second-order valence-corrected chi connectivity index (χ2v) is 6.36. The van der Waals surface area contributed by atoms with E-state index >= 15 is 0 Å². The lowest BCUT2D eigenvalue weighted by molar-refractivity contribution is 0.250. The minimum Gasteiger partial charge on any atom is -0.310 e. The largest absolute Gasteiger partial charge is 0.310 e. The molecule has 2 heteroatoms. The average Bonchev–Trinajstić information content (AvgIpc) is 3.26. The monoisotopic (exact) mass is 274 g/mol. The van der Waals surface area contributed by atoms with E-state index in [1.165, 1.54) is 43.4 Å². The van der Waals surface area contributed by atoms with Crippen molar-refractivity contribution in [2.24, 2.45) is 0 Å². The first-order valence-corrected chi connectivity index (χ1v) is 8.25. The number of rotatable bonds is 9. The third-order valence-corrected chi connectivity index (χ3v) is 4.05. The van der Waals surface area contributed by atoms with Crippen LogP contribution >= 0.6 is 0 Å². The van der Waals surface area contributed by atoms with Crippen LogP contribution in [0.2, 0.25) is 0 Å². The SMILES string of the molecule is CCCCN(Cc1ccccc1CNC(C)C)C1CC1. The fraction of sp³-hybridized carbons (Fsp3) is 0.667. The topological polar surface area (TPSA) is 15.3 Å². The van der Waals surface area contributed by atoms with Crippen molar-refractivity contribution in [2.75, 3.05) is 6.54 Å². The molecule has 0 heterocycles. The molecule has 20 heavy (non-hydrogen) atoms. The Kier molecular flexibility index (Phi) is 6.06. The van der Waals surface area contributed by atoms with Crippen molar-refractivity contribution in [1.29, 1.82) is 0 Å². The van der Waals surface area contributed by atoms with Gasteiger partial charge in [-0.2, -0.15) is 0 Å². The second-order valence-electron chi connectivity index (χ2n) is 6.36. The predicted molar refractivity (Wildman–Crippen MR) is 86.8 cm³/mol. The van der Waals surface area contributed by atoms with Crippen LogP contribution in [0.15, 0.2) is 24.3 Å². The Labute approximate surface area is 124 Å². The van der Waals surface area contributed by atoms with E-state index in [1.807, 2.05) is 0 Å². The lowest BCUT2D eigenvalue weighted by Crippen LogP contribution is -2.28. The van der Waals surface area contributed by atoms with Gasteiger partial charge in [-0.05, 0) is 36.9 Å². The molecule has 1 fully saturated rings. The molecule has 2 rings (SSSR count). The highest BCUT2D eigenvalue weighted by Gasteiger charge is 2.28. The van der Waals surface area contributed by atoms with Crippen LogP contribution in [0.5, 0.6) is 0 Å². The Hall–Kier alpha value is -0.860. The molecule has 1 saturated carbocycles. The normalized spacial score (nSPS) is 15.2. The van der Waals surface area contributed by atoms with Crippen molar-refractivity contribution in [3.8, 4) is 0 Å². The maximum absolute atomic E-state index is 3.54. The van der Waals surface area contributed by atoms with E-state index in [2.05, 4.69) is 55.3 Å². The zero-order valence-corrected chi connectivity index (χ0v) is 13.4. The maximum Gasteiger partial charge on any atom is 0.0239 e. The molecule has 0 radical (unpaired) electrons. The van der Waals surface area contributed by atoms with Gasteiger partial charge in [-0.15, -0.1) is 0 Å². The first-order chi connectivity index (χ1) is 9.70. The molecule has 112 valence electrons. The van der Waals surface area contributed by atoms with Gasteiger partial charge < -0.3 is 5.32 Å². The summed E-state index contributed by atoms with van der Waals surface area (Å²) in [5.74, 6) is 0. The van der Waals surface area contributed by atoms with Crippen LogP contribution in [0, 0.1) is 0 Å². The first-order valence-electron chi connectivity index (χ1n) is 8.25. The van der Waals surface area contributed by atoms with Crippen molar-refractivity contribution in [2.45, 2.75) is 71.6 Å². The molecule has 0 spiro atoms. The minimum absolute atomic E-state index is 0.544. The Bertz CT molecular complexity index is 396. The van der Waals surface area contributed by atoms with Crippen molar-refractivity contribution < 1.29 is 0 Å². The molecule has 1 aliphatic carbocycles. The van der Waals surface area contributed by atoms with Crippen molar-refractivity contribution in [1.82, 2.24) is 10.2 Å². The summed E-state index contributed by atoms with van der Waals surface area (Å²) >= 11 is 0. The summed E-state index contributed by atoms with van der Waals surface area (Å²) in [6.07, 6.45) is 5.41. The molecule has 0 aliphatic heterocycles. The van der Waals surface area contributed by atoms with Crippen molar-refractivity contribution in [3.05, 3.63) is 35.4 Å². The van der Waals surface area contributed by atoms with Gasteiger partial charge in [0.2, 0.25) is 0 Å². The van der Waals surface area contributed by atoms with Gasteiger partial charge in [-0.1, -0.05) is 51.5 Å². The van der Waals surface area contributed by atoms with Gasteiger partial charge in [-0.25, -0.2) is 0 Å². The number of hydrogen-bond acceptors (Lipinski definition) is 2. The number of hydrogen-bond donors (Lipinski definition) is 1. The van der Waals surface area contributed by atoms with Gasteiger partial charge in [0.15, 0.2) is 0 Å². The Morgan fingerprint density at radius 2 is 1.90 bits per heavy atom. The van der Waals surface area contributed by atoms with Gasteiger partial charge in [0.25, 0.3) is 0 Å². The molecule has 1 N–H and O–H groups in total. The summed E-state index contributed by atoms with van der Waals surface area (Å²) in [6, 6.07) is 10.3. The van der Waals surface area contributed by atoms with Crippen LogP contribution < -0.4 is 5.32 Å². The van der Waals surface area contributed by atoms with Crippen LogP contribution in [0.1, 0.15) is 57.6 Å². The molecule has 0 aromatic heterocycles. The molecule has 0 atom stereocenters. The lowest BCUT2D eigenvalue weighted by Gasteiger charge is -2.23. The standard InChI is InChI=1S/C18H30N2/c1-4-5-12-20(18-10-11-18)14-17-9-7-6-8-16(17)13-19-15(2)3/h6-9,15,18-19H,4-5,10-14H2,1-3H3. The van der Waals surface area contributed by atoms with Crippen LogP contribution in [-0.4, -0.2) is 23.5 Å². The van der Waals surface area contributed by atoms with Crippen molar-refractivity contribution in [3.63, 3.8) is 0 Å². The summed E-state index contributed by atoms with van der Waals surface area (Å²) in [5.41, 5.74) is 2.96. The molecule has 0 amide bonds. The van der Waals surface area contributed by atoms with Gasteiger partial charge >= 0.3 is 0 Å². The third kappa shape index (κ3) is 4.92. The highest BCUT2D eigenvalue weighted by molar-refractivity contribution is 5.27. The van der Waals surface area contributed by atoms with Crippen LogP contribution in [0.25, 0.3) is 0 Å². The third-order valence-electron chi connectivity index (χ3n) is 4.05. The fourth-order valence-electron chi connectivity index (χ4n) is 2.61. The zero-order chi connectivity index (χ0) is 14.4. The Balaban J connectivity index is 1.98. The molecule has 0 saturated heterocycles. The van der Waals surface area contributed by atoms with Crippen LogP contribution in [0.4, 0.5) is 0 Å². The molecule has 1 aliphatic rings. The number of nitrogens with one attached hydrogen (secondary N) is 1. The number of nitrogens with zero attached hydrogens (tertiary/aromatic N) is 1. The molecular formula is C18H30N2. The fourth-order valence-corrected chi connectivity index (χ4v) is 2.61. The Morgan fingerprint density at radius 1 is 1.20 bits per heavy atom. The first kappa shape index (κ1) is 15.5. The summed E-state index contributed by atoms with van der Waals surface area (Å²) in [5, 5.41) is 3.54. The van der Waals surface area contributed by atoms with E-state index in [-0.39, 0.29) is 0 Å². The van der Waals surface area contributed by atoms with Crippen LogP contribution in [-0.2, 0) is 13.1 Å². The van der Waals surface area contributed by atoms with E-state index in [9.17, 15) is 0 Å². The van der Waals surface area contributed by atoms with Gasteiger partial charge in [0.05, 0.1) is 0 Å². The summed E-state index contributed by atoms with van der Waals surface area (Å²) in [4.78, 5) is 2.69. The molecule has 1 aromatic rings. The Morgan fingerprint density at radius 3 is 2.50 bits per heavy atom. The minimum atomic E-state index is 0.544. The lowest BCUT2D eigenvalue weighted by atomic mass is 10.1. The highest BCUT2D eigenvalue weighted by Crippen LogP contribution is 2.29. The van der Waals surface area contributed by atoms with E-state index in [4.69, 9.17) is 0 Å². The quantitative estimate of drug-likeness (QED) is 0.733. The molecule has 0 bridgehead atoms. The predicted octanol–water partition coefficient (Wildman–Crippen LogP) is 3.95. The smallest absolute Gasteiger partial charge is 0.0239 e. The molecule has 1 aromatic carbocycles. The van der Waals surface area contributed by atoms with Crippen LogP contribution in [0.3, 0.4) is 0 Å². The summed E-state index contributed by atoms with van der Waals surface area (Å²) < 4.78 is 0. The van der Waals surface area contributed by atoms with E-state index in [0.717, 1.165) is 19.1 Å². The number of unbranched alkanes of at least 4 members (excludes halogenated alkanes) is 1. The zero-order valence-electron chi connectivity index (χ0n) is 13.4. The molecule has 0 unspecified atom stereocenters. The van der Waals surface area contributed by atoms with E-state index in [1.54, 1.807) is 0 Å². The van der Waals surface area contributed by atoms with Gasteiger partial charge in [-0.3, -0.25) is 4.90 Å². The van der Waals surface area contributed by atoms with E-state index < -0.39 is 0 Å². The van der Waals surface area contributed by atoms with Gasteiger partial charge in [0.1, 0.15) is 0 Å². The van der Waals surface area contributed by atoms with Crippen molar-refractivity contribution >= 4 is 0 Å². The van der Waals surface area contributed by atoms with Gasteiger partial charge in [0, 0.05) is 25.2 Å².